The van der Waals surface area contributed by atoms with E-state index in [1.165, 1.54) is 19.3 Å². The van der Waals surface area contributed by atoms with Gasteiger partial charge in [0, 0.05) is 52.4 Å². The molecule has 0 saturated heterocycles. The fraction of sp³-hybridized carbons (Fsp3) is 0.500. The molecule has 0 unspecified atom stereocenters. The average Bonchev–Trinajstić information content (AvgIpc) is 2.97. The summed E-state index contributed by atoms with van der Waals surface area (Å²) >= 11 is 0. The Morgan fingerprint density at radius 2 is 1.72 bits per heavy atom. The zero-order chi connectivity index (χ0) is 23.3. The van der Waals surface area contributed by atoms with Crippen LogP contribution in [0, 0.1) is 0 Å². The van der Waals surface area contributed by atoms with Crippen LogP contribution in [-0.2, 0) is 10.2 Å². The molecule has 172 valence electrons. The molecule has 1 heterocycles. The van der Waals surface area contributed by atoms with Gasteiger partial charge < -0.3 is 20.2 Å². The molecule has 1 fully saturated rings. The van der Waals surface area contributed by atoms with Gasteiger partial charge >= 0.3 is 0 Å². The number of anilines is 1. The molecule has 8 nitrogen and oxygen atoms in total. The van der Waals surface area contributed by atoms with E-state index >= 15 is 0 Å². The minimum absolute atomic E-state index is 0.0740. The number of aliphatic hydroxyl groups excluding tert-OH is 1. The molecule has 0 spiro atoms. The molecule has 3 atom stereocenters. The van der Waals surface area contributed by atoms with Crippen molar-refractivity contribution in [3.63, 3.8) is 0 Å². The Hall–Kier alpha value is -3.00. The Labute approximate surface area is 189 Å². The number of aliphatic hydroxyl groups is 1. The third-order valence-corrected chi connectivity index (χ3v) is 6.45. The monoisotopic (exact) mass is 439 g/mol. The summed E-state index contributed by atoms with van der Waals surface area (Å²) in [6.07, 6.45) is 5.00. The second kappa shape index (κ2) is 10.1. The fourth-order valence-electron chi connectivity index (χ4n) is 4.48. The molecule has 1 saturated carbocycles. The Balaban J connectivity index is 1.80. The summed E-state index contributed by atoms with van der Waals surface area (Å²) in [6.45, 7) is 2.02. The van der Waals surface area contributed by atoms with Gasteiger partial charge in [0.25, 0.3) is 5.91 Å². The highest BCUT2D eigenvalue weighted by atomic mass is 16.3. The van der Waals surface area contributed by atoms with Gasteiger partial charge in [-0.1, -0.05) is 30.3 Å². The molecule has 2 amide bonds. The van der Waals surface area contributed by atoms with Crippen LogP contribution in [0.5, 0.6) is 0 Å². The summed E-state index contributed by atoms with van der Waals surface area (Å²) < 4.78 is 0. The topological polar surface area (TPSA) is 98.7 Å². The number of benzene rings is 1. The van der Waals surface area contributed by atoms with Crippen molar-refractivity contribution < 1.29 is 14.7 Å². The maximum atomic E-state index is 13.1. The summed E-state index contributed by atoms with van der Waals surface area (Å²) in [5.74, 6) is 0.243. The quantitative estimate of drug-likeness (QED) is 0.668. The summed E-state index contributed by atoms with van der Waals surface area (Å²) in [7, 11) is 5.40. The van der Waals surface area contributed by atoms with Crippen molar-refractivity contribution >= 4 is 17.8 Å². The van der Waals surface area contributed by atoms with Crippen LogP contribution in [0.1, 0.15) is 48.5 Å². The smallest absolute Gasteiger partial charge is 0.257 e. The summed E-state index contributed by atoms with van der Waals surface area (Å²) in [6, 6.07) is 9.78. The van der Waals surface area contributed by atoms with Crippen molar-refractivity contribution in [3.8, 4) is 0 Å². The first-order valence-electron chi connectivity index (χ1n) is 11.0. The lowest BCUT2D eigenvalue weighted by molar-refractivity contribution is -0.119. The van der Waals surface area contributed by atoms with Crippen LogP contribution in [-0.4, -0.2) is 71.6 Å². The molecule has 1 aromatic carbocycles. The van der Waals surface area contributed by atoms with E-state index in [1.807, 2.05) is 32.3 Å². The van der Waals surface area contributed by atoms with E-state index in [1.54, 1.807) is 16.8 Å². The molecule has 0 bridgehead atoms. The molecule has 3 rings (SSSR count). The van der Waals surface area contributed by atoms with Gasteiger partial charge in [-0.2, -0.15) is 0 Å². The van der Waals surface area contributed by atoms with Crippen LogP contribution in [0.4, 0.5) is 5.95 Å². The summed E-state index contributed by atoms with van der Waals surface area (Å²) in [4.78, 5) is 36.6. The number of carbonyl (C=O) groups excluding carboxylic acids is 2. The number of nitrogens with one attached hydrogen (secondary N) is 1. The molecule has 1 aliphatic carbocycles. The summed E-state index contributed by atoms with van der Waals surface area (Å²) in [5.41, 5.74) is 1.24. The molecule has 2 aromatic rings. The zero-order valence-corrected chi connectivity index (χ0v) is 19.3. The third-order valence-electron chi connectivity index (χ3n) is 6.45. The summed E-state index contributed by atoms with van der Waals surface area (Å²) in [5, 5.41) is 14.0. The maximum Gasteiger partial charge on any atom is 0.257 e. The lowest BCUT2D eigenvalue weighted by Crippen LogP contribution is -2.44. The van der Waals surface area contributed by atoms with Crippen molar-refractivity contribution in [1.82, 2.24) is 20.2 Å². The van der Waals surface area contributed by atoms with Crippen molar-refractivity contribution in [1.29, 1.82) is 0 Å². The van der Waals surface area contributed by atoms with Crippen LogP contribution in [0.25, 0.3) is 0 Å². The molecule has 0 aliphatic heterocycles. The lowest BCUT2D eigenvalue weighted by atomic mass is 9.74. The molecule has 32 heavy (non-hydrogen) atoms. The zero-order valence-electron chi connectivity index (χ0n) is 19.3. The minimum atomic E-state index is -0.658. The first-order chi connectivity index (χ1) is 15.2. The standard InChI is InChI=1S/C24H33N5O3/c1-17(30)27-16-24(19-8-6-5-7-9-19)12-10-20(21(31)11-13-24)29(4)22(32)18-14-25-23(26-15-18)28(2)3/h5-9,14-15,20-21,31H,10-13,16H2,1-4H3,(H,27,30)/t20-,21-,24-/m1/s1. The molecule has 8 heteroatoms. The first-order valence-corrected chi connectivity index (χ1v) is 11.0. The Morgan fingerprint density at radius 1 is 1.09 bits per heavy atom. The number of nitrogens with zero attached hydrogens (tertiary/aromatic N) is 4. The predicted molar refractivity (Wildman–Crippen MR) is 124 cm³/mol. The van der Waals surface area contributed by atoms with Crippen molar-refractivity contribution in [2.45, 2.75) is 50.2 Å². The van der Waals surface area contributed by atoms with E-state index in [9.17, 15) is 14.7 Å². The van der Waals surface area contributed by atoms with Crippen molar-refractivity contribution in [2.75, 3.05) is 32.6 Å². The number of amides is 2. The maximum absolute atomic E-state index is 13.1. The van der Waals surface area contributed by atoms with Gasteiger partial charge in [-0.25, -0.2) is 9.97 Å². The van der Waals surface area contributed by atoms with Crippen molar-refractivity contribution in [2.24, 2.45) is 0 Å². The number of aromatic nitrogens is 2. The molecular weight excluding hydrogens is 406 g/mol. The number of hydrogen-bond acceptors (Lipinski definition) is 6. The third kappa shape index (κ3) is 5.24. The van der Waals surface area contributed by atoms with E-state index in [0.29, 0.717) is 30.9 Å². The van der Waals surface area contributed by atoms with Crippen LogP contribution in [0.2, 0.25) is 0 Å². The fourth-order valence-corrected chi connectivity index (χ4v) is 4.48. The van der Waals surface area contributed by atoms with Crippen LogP contribution in [0.15, 0.2) is 42.7 Å². The van der Waals surface area contributed by atoms with E-state index in [0.717, 1.165) is 18.4 Å². The van der Waals surface area contributed by atoms with Crippen LogP contribution in [0.3, 0.4) is 0 Å². The number of carbonyl (C=O) groups is 2. The minimum Gasteiger partial charge on any atom is -0.391 e. The van der Waals surface area contributed by atoms with Crippen molar-refractivity contribution in [3.05, 3.63) is 53.9 Å². The van der Waals surface area contributed by atoms with Crippen LogP contribution >= 0.6 is 0 Å². The van der Waals surface area contributed by atoms with Gasteiger partial charge in [-0.3, -0.25) is 9.59 Å². The largest absolute Gasteiger partial charge is 0.391 e. The average molecular weight is 440 g/mol. The Bertz CT molecular complexity index is 919. The first kappa shape index (κ1) is 23.7. The number of likely N-dealkylation sites (N-methyl/N-ethyl adjacent to an activating group) is 1. The Morgan fingerprint density at radius 3 is 2.31 bits per heavy atom. The van der Waals surface area contributed by atoms with Gasteiger partial charge in [0.05, 0.1) is 17.7 Å². The van der Waals surface area contributed by atoms with E-state index in [4.69, 9.17) is 0 Å². The highest BCUT2D eigenvalue weighted by molar-refractivity contribution is 5.93. The molecule has 2 N–H and O–H groups in total. The molecule has 1 aliphatic rings. The highest BCUT2D eigenvalue weighted by Gasteiger charge is 2.40. The SMILES string of the molecule is CC(=O)NC[C@]1(c2ccccc2)CC[C@@H](O)[C@H](N(C)C(=O)c2cnc(N(C)C)nc2)CC1. The van der Waals surface area contributed by atoms with Crippen LogP contribution < -0.4 is 10.2 Å². The second-order valence-electron chi connectivity index (χ2n) is 8.85. The Kier molecular flexibility index (Phi) is 7.45. The van der Waals surface area contributed by atoms with Gasteiger partial charge in [0.1, 0.15) is 0 Å². The van der Waals surface area contributed by atoms with Gasteiger partial charge in [-0.05, 0) is 31.2 Å². The highest BCUT2D eigenvalue weighted by Crippen LogP contribution is 2.39. The molecular formula is C24H33N5O3. The van der Waals surface area contributed by atoms with E-state index < -0.39 is 6.10 Å². The van der Waals surface area contributed by atoms with Gasteiger partial charge in [-0.15, -0.1) is 0 Å². The van der Waals surface area contributed by atoms with Gasteiger partial charge in [0.2, 0.25) is 11.9 Å². The second-order valence-corrected chi connectivity index (χ2v) is 8.85. The number of rotatable bonds is 6. The van der Waals surface area contributed by atoms with E-state index in [-0.39, 0.29) is 23.3 Å². The van der Waals surface area contributed by atoms with E-state index in [2.05, 4.69) is 27.4 Å². The van der Waals surface area contributed by atoms with Gasteiger partial charge in [0.15, 0.2) is 0 Å². The number of hydrogen-bond donors (Lipinski definition) is 2. The molecule has 0 radical (unpaired) electrons. The predicted octanol–water partition coefficient (Wildman–Crippen LogP) is 1.99. The normalized spacial score (nSPS) is 23.2. The lowest BCUT2D eigenvalue weighted by Gasteiger charge is -2.34. The molecule has 1 aromatic heterocycles.